The van der Waals surface area contributed by atoms with Gasteiger partial charge in [0.15, 0.2) is 0 Å². The molecule has 0 spiro atoms. The average Bonchev–Trinajstić information content (AvgIpc) is 3.19. The van der Waals surface area contributed by atoms with Crippen molar-refractivity contribution in [3.63, 3.8) is 0 Å². The van der Waals surface area contributed by atoms with Crippen molar-refractivity contribution >= 4 is 10.9 Å². The fourth-order valence-corrected chi connectivity index (χ4v) is 5.36. The van der Waals surface area contributed by atoms with Crippen LogP contribution in [0.25, 0.3) is 22.2 Å². The summed E-state index contributed by atoms with van der Waals surface area (Å²) >= 11 is 0. The number of alkyl halides is 3. The van der Waals surface area contributed by atoms with Crippen molar-refractivity contribution in [1.29, 1.82) is 0 Å². The van der Waals surface area contributed by atoms with Gasteiger partial charge in [-0.3, -0.25) is 4.79 Å². The summed E-state index contributed by atoms with van der Waals surface area (Å²) in [5, 5.41) is 1.21. The van der Waals surface area contributed by atoms with E-state index in [4.69, 9.17) is 0 Å². The van der Waals surface area contributed by atoms with Crippen LogP contribution in [-0.4, -0.2) is 40.3 Å². The second kappa shape index (κ2) is 9.84. The summed E-state index contributed by atoms with van der Waals surface area (Å²) in [5.74, 6) is -0.548. The molecule has 1 unspecified atom stereocenters. The van der Waals surface area contributed by atoms with Gasteiger partial charge in [0.25, 0.3) is 5.56 Å². The Bertz CT molecular complexity index is 1220. The number of aromatic nitrogens is 2. The Labute approximate surface area is 205 Å². The van der Waals surface area contributed by atoms with Crippen molar-refractivity contribution in [2.45, 2.75) is 65.0 Å². The van der Waals surface area contributed by atoms with E-state index in [1.54, 1.807) is 11.6 Å². The monoisotopic (exact) mass is 487 g/mol. The molecular weight excluding hydrogens is 451 g/mol. The van der Waals surface area contributed by atoms with Crippen LogP contribution in [0.2, 0.25) is 0 Å². The second-order valence-corrected chi connectivity index (χ2v) is 10.5. The van der Waals surface area contributed by atoms with Crippen LogP contribution in [0.5, 0.6) is 0 Å². The van der Waals surface area contributed by atoms with E-state index in [1.807, 2.05) is 19.2 Å². The Morgan fingerprint density at radius 1 is 1.11 bits per heavy atom. The highest BCUT2D eigenvalue weighted by Crippen LogP contribution is 2.38. The molecule has 190 valence electrons. The van der Waals surface area contributed by atoms with Crippen LogP contribution in [0.15, 0.2) is 35.3 Å². The highest BCUT2D eigenvalue weighted by atomic mass is 19.4. The maximum Gasteiger partial charge on any atom is 0.391 e. The summed E-state index contributed by atoms with van der Waals surface area (Å²) in [7, 11) is 1.78. The van der Waals surface area contributed by atoms with Gasteiger partial charge >= 0.3 is 6.18 Å². The van der Waals surface area contributed by atoms with Crippen LogP contribution in [0, 0.1) is 12.8 Å². The van der Waals surface area contributed by atoms with E-state index in [9.17, 15) is 18.0 Å². The molecule has 1 aromatic carbocycles. The number of aryl methyl sites for hydroxylation is 2. The SMILES string of the molecule is Cc1cc(-c2[nH]c3ccc(C4CCN(CCC(C)C(F)(F)F)CC4)cc3c2C(C)C)cn(C)c1=O. The second-order valence-electron chi connectivity index (χ2n) is 10.5. The minimum absolute atomic E-state index is 0.0115. The lowest BCUT2D eigenvalue weighted by Crippen LogP contribution is -2.35. The molecular formula is C28H36F3N3O. The molecule has 3 heterocycles. The molecule has 0 bridgehead atoms. The summed E-state index contributed by atoms with van der Waals surface area (Å²) in [4.78, 5) is 18.0. The average molecular weight is 488 g/mol. The summed E-state index contributed by atoms with van der Waals surface area (Å²) < 4.78 is 40.1. The fraction of sp³-hybridized carbons (Fsp3) is 0.536. The van der Waals surface area contributed by atoms with Gasteiger partial charge in [0.05, 0.1) is 11.6 Å². The first-order valence-corrected chi connectivity index (χ1v) is 12.6. The van der Waals surface area contributed by atoms with E-state index in [1.165, 1.54) is 23.4 Å². The Morgan fingerprint density at radius 2 is 1.80 bits per heavy atom. The van der Waals surface area contributed by atoms with Crippen LogP contribution in [0.4, 0.5) is 13.2 Å². The first-order chi connectivity index (χ1) is 16.5. The third kappa shape index (κ3) is 5.35. The third-order valence-corrected chi connectivity index (χ3v) is 7.59. The number of rotatable bonds is 6. The van der Waals surface area contributed by atoms with Gasteiger partial charge < -0.3 is 14.5 Å². The molecule has 1 atom stereocenters. The Hall–Kier alpha value is -2.54. The lowest BCUT2D eigenvalue weighted by atomic mass is 9.87. The number of fused-ring (bicyclic) bond motifs is 1. The number of benzene rings is 1. The number of hydrogen-bond acceptors (Lipinski definition) is 2. The number of halogens is 3. The normalized spacial score (nSPS) is 16.9. The minimum atomic E-state index is -4.11. The zero-order valence-corrected chi connectivity index (χ0v) is 21.3. The summed E-state index contributed by atoms with van der Waals surface area (Å²) in [6, 6.07) is 8.58. The summed E-state index contributed by atoms with van der Waals surface area (Å²) in [5.41, 5.74) is 6.42. The van der Waals surface area contributed by atoms with Gasteiger partial charge in [-0.25, -0.2) is 0 Å². The van der Waals surface area contributed by atoms with Crippen molar-refractivity contribution in [3.8, 4) is 11.3 Å². The molecule has 0 radical (unpaired) electrons. The zero-order chi connectivity index (χ0) is 25.5. The molecule has 3 aromatic rings. The van der Waals surface area contributed by atoms with E-state index in [2.05, 4.69) is 41.9 Å². The topological polar surface area (TPSA) is 41.0 Å². The zero-order valence-electron chi connectivity index (χ0n) is 21.3. The van der Waals surface area contributed by atoms with E-state index in [0.29, 0.717) is 18.4 Å². The number of H-pyrrole nitrogens is 1. The van der Waals surface area contributed by atoms with Gasteiger partial charge in [0.2, 0.25) is 0 Å². The van der Waals surface area contributed by atoms with Crippen LogP contribution in [0.1, 0.15) is 68.6 Å². The van der Waals surface area contributed by atoms with Crippen molar-refractivity contribution in [1.82, 2.24) is 14.5 Å². The number of pyridine rings is 1. The maximum absolute atomic E-state index is 12.8. The van der Waals surface area contributed by atoms with Crippen LogP contribution in [0.3, 0.4) is 0 Å². The number of aromatic amines is 1. The fourth-order valence-electron chi connectivity index (χ4n) is 5.36. The molecule has 1 fully saturated rings. The molecule has 2 aromatic heterocycles. The predicted octanol–water partition coefficient (Wildman–Crippen LogP) is 6.73. The van der Waals surface area contributed by atoms with Crippen molar-refractivity contribution in [3.05, 3.63) is 57.5 Å². The maximum atomic E-state index is 12.8. The number of likely N-dealkylation sites (tertiary alicyclic amines) is 1. The van der Waals surface area contributed by atoms with Gasteiger partial charge in [0.1, 0.15) is 0 Å². The predicted molar refractivity (Wildman–Crippen MR) is 136 cm³/mol. The quantitative estimate of drug-likeness (QED) is 0.419. The highest BCUT2D eigenvalue weighted by molar-refractivity contribution is 5.92. The summed E-state index contributed by atoms with van der Waals surface area (Å²) in [6.45, 7) is 9.67. The van der Waals surface area contributed by atoms with Crippen molar-refractivity contribution in [2.24, 2.45) is 13.0 Å². The highest BCUT2D eigenvalue weighted by Gasteiger charge is 2.36. The molecule has 0 amide bonds. The van der Waals surface area contributed by atoms with Crippen molar-refractivity contribution < 1.29 is 13.2 Å². The number of hydrogen-bond donors (Lipinski definition) is 1. The molecule has 35 heavy (non-hydrogen) atoms. The molecule has 7 heteroatoms. The van der Waals surface area contributed by atoms with Gasteiger partial charge in [-0.2, -0.15) is 13.2 Å². The Balaban J connectivity index is 1.56. The standard InChI is InChI=1S/C28H36F3N3O/c1-17(2)25-23-15-21(20-9-12-34(13-10-20)11-8-19(4)28(29,30)31)6-7-24(23)32-26(25)22-14-18(3)27(35)33(5)16-22/h6-7,14-17,19-20,32H,8-13H2,1-5H3. The molecule has 1 aliphatic rings. The van der Waals surface area contributed by atoms with Gasteiger partial charge in [-0.15, -0.1) is 0 Å². The first-order valence-electron chi connectivity index (χ1n) is 12.6. The number of nitrogens with one attached hydrogen (secondary N) is 1. The lowest BCUT2D eigenvalue weighted by molar-refractivity contribution is -0.172. The van der Waals surface area contributed by atoms with Gasteiger partial charge in [-0.05, 0) is 87.0 Å². The largest absolute Gasteiger partial charge is 0.391 e. The summed E-state index contributed by atoms with van der Waals surface area (Å²) in [6.07, 6.45) is -0.137. The van der Waals surface area contributed by atoms with Crippen LogP contribution in [-0.2, 0) is 7.05 Å². The Kier molecular flexibility index (Phi) is 7.18. The van der Waals surface area contributed by atoms with Crippen molar-refractivity contribution in [2.75, 3.05) is 19.6 Å². The smallest absolute Gasteiger partial charge is 0.354 e. The molecule has 4 nitrogen and oxygen atoms in total. The third-order valence-electron chi connectivity index (χ3n) is 7.59. The van der Waals surface area contributed by atoms with Crippen LogP contribution >= 0.6 is 0 Å². The molecule has 0 aliphatic carbocycles. The van der Waals surface area contributed by atoms with Gasteiger partial charge in [0, 0.05) is 35.3 Å². The minimum Gasteiger partial charge on any atom is -0.354 e. The molecule has 1 aliphatic heterocycles. The molecule has 4 rings (SSSR count). The van der Waals surface area contributed by atoms with Crippen LogP contribution < -0.4 is 5.56 Å². The van der Waals surface area contributed by atoms with E-state index in [0.717, 1.165) is 48.3 Å². The van der Waals surface area contributed by atoms with Gasteiger partial charge in [-0.1, -0.05) is 26.8 Å². The number of nitrogens with zero attached hydrogens (tertiary/aromatic N) is 2. The Morgan fingerprint density at radius 3 is 2.40 bits per heavy atom. The van der Waals surface area contributed by atoms with E-state index in [-0.39, 0.29) is 12.0 Å². The van der Waals surface area contributed by atoms with E-state index >= 15 is 0 Å². The molecule has 0 saturated carbocycles. The number of piperidine rings is 1. The molecule has 1 saturated heterocycles. The first kappa shape index (κ1) is 25.5. The van der Waals surface area contributed by atoms with E-state index < -0.39 is 12.1 Å². The lowest BCUT2D eigenvalue weighted by Gasteiger charge is -2.33. The molecule has 1 N–H and O–H groups in total.